The molecule has 0 radical (unpaired) electrons. The van der Waals surface area contributed by atoms with E-state index >= 15 is 0 Å². The number of ether oxygens (including phenoxy) is 2. The highest BCUT2D eigenvalue weighted by Gasteiger charge is 2.53. The Morgan fingerprint density at radius 3 is 2.66 bits per heavy atom. The second-order valence-corrected chi connectivity index (χ2v) is 9.39. The van der Waals surface area contributed by atoms with Crippen molar-refractivity contribution in [2.45, 2.75) is 43.1 Å². The number of fused-ring (bicyclic) bond motifs is 2. The van der Waals surface area contributed by atoms with Crippen molar-refractivity contribution in [2.75, 3.05) is 20.3 Å². The molecule has 8 nitrogen and oxygen atoms in total. The molecule has 1 saturated carbocycles. The Kier molecular flexibility index (Phi) is 5.12. The predicted octanol–water partition coefficient (Wildman–Crippen LogP) is 4.42. The van der Waals surface area contributed by atoms with E-state index in [-0.39, 0.29) is 11.8 Å². The summed E-state index contributed by atoms with van der Waals surface area (Å²) in [4.78, 5) is 16.8. The van der Waals surface area contributed by atoms with Crippen LogP contribution in [0.1, 0.15) is 48.8 Å². The molecular formula is C25H24F2N4O4. The molecule has 2 fully saturated rings. The maximum Gasteiger partial charge on any atom is 0.335 e. The second-order valence-electron chi connectivity index (χ2n) is 9.39. The van der Waals surface area contributed by atoms with Gasteiger partial charge in [0.05, 0.1) is 17.2 Å². The molecule has 6 rings (SSSR count). The Hall–Kier alpha value is -3.37. The first-order valence-corrected chi connectivity index (χ1v) is 11.6. The van der Waals surface area contributed by atoms with Gasteiger partial charge in [-0.25, -0.2) is 18.6 Å². The van der Waals surface area contributed by atoms with Crippen LogP contribution in [0.3, 0.4) is 0 Å². The molecule has 2 N–H and O–H groups in total. The number of carboxylic acid groups (broad SMARTS) is 1. The van der Waals surface area contributed by atoms with Crippen LogP contribution in [0.15, 0.2) is 30.5 Å². The van der Waals surface area contributed by atoms with Crippen LogP contribution in [-0.2, 0) is 14.3 Å². The Balaban J connectivity index is 1.64. The number of pyridine rings is 1. The minimum Gasteiger partial charge on any atom is -0.479 e. The van der Waals surface area contributed by atoms with Crippen LogP contribution in [0.5, 0.6) is 0 Å². The first-order valence-electron chi connectivity index (χ1n) is 11.6. The standard InChI is InChI=1S/C25H24F2N4O4/c1-34-25(24(32)33)10-15(11-25)20-21-19(8-14-12-28-30-23(14)29-21)31(16-2-3-17(26)18(27)9-16)22(20)13-4-6-35-7-5-13/h2-3,8-9,12-13,15H,4-7,10-11H2,1H3,(H,32,33)(H,28,29,30). The summed E-state index contributed by atoms with van der Waals surface area (Å²) in [5.41, 5.74) is 3.17. The number of nitrogens with zero attached hydrogens (tertiary/aromatic N) is 3. The first-order chi connectivity index (χ1) is 16.9. The summed E-state index contributed by atoms with van der Waals surface area (Å²) in [5, 5.41) is 17.6. The lowest BCUT2D eigenvalue weighted by molar-refractivity contribution is -0.175. The van der Waals surface area contributed by atoms with E-state index in [1.165, 1.54) is 13.2 Å². The molecule has 1 saturated heterocycles. The lowest BCUT2D eigenvalue weighted by atomic mass is 9.66. The number of aliphatic carboxylic acids is 1. The summed E-state index contributed by atoms with van der Waals surface area (Å²) >= 11 is 0. The number of carboxylic acids is 1. The maximum absolute atomic E-state index is 14.4. The van der Waals surface area contributed by atoms with E-state index in [9.17, 15) is 18.7 Å². The van der Waals surface area contributed by atoms with Crippen molar-refractivity contribution < 1.29 is 28.2 Å². The topological polar surface area (TPSA) is 102 Å². The Morgan fingerprint density at radius 2 is 1.97 bits per heavy atom. The van der Waals surface area contributed by atoms with Gasteiger partial charge in [-0.05, 0) is 49.8 Å². The van der Waals surface area contributed by atoms with Crippen molar-refractivity contribution in [3.05, 3.63) is 53.4 Å². The van der Waals surface area contributed by atoms with Gasteiger partial charge in [-0.3, -0.25) is 5.10 Å². The number of halogens is 2. The molecule has 1 aliphatic heterocycles. The number of aromatic amines is 1. The van der Waals surface area contributed by atoms with E-state index in [1.54, 1.807) is 12.3 Å². The quantitative estimate of drug-likeness (QED) is 0.437. The average Bonchev–Trinajstić information content (AvgIpc) is 3.41. The minimum absolute atomic E-state index is 0.0832. The number of carbonyl (C=O) groups is 1. The van der Waals surface area contributed by atoms with Crippen molar-refractivity contribution >= 4 is 28.0 Å². The first kappa shape index (κ1) is 22.1. The lowest BCUT2D eigenvalue weighted by Crippen LogP contribution is -2.51. The van der Waals surface area contributed by atoms with E-state index in [0.29, 0.717) is 42.9 Å². The molecule has 1 aromatic carbocycles. The van der Waals surface area contributed by atoms with Crippen molar-refractivity contribution in [2.24, 2.45) is 0 Å². The largest absolute Gasteiger partial charge is 0.479 e. The van der Waals surface area contributed by atoms with Crippen molar-refractivity contribution in [3.63, 3.8) is 0 Å². The Labute approximate surface area is 198 Å². The van der Waals surface area contributed by atoms with Crippen molar-refractivity contribution in [1.29, 1.82) is 0 Å². The van der Waals surface area contributed by atoms with Gasteiger partial charge in [0.2, 0.25) is 0 Å². The van der Waals surface area contributed by atoms with Crippen LogP contribution in [0, 0.1) is 11.6 Å². The molecule has 0 amide bonds. The summed E-state index contributed by atoms with van der Waals surface area (Å²) in [5.74, 6) is -2.88. The molecule has 3 aromatic heterocycles. The summed E-state index contributed by atoms with van der Waals surface area (Å²) < 4.78 is 41.2. The van der Waals surface area contributed by atoms with Crippen LogP contribution < -0.4 is 0 Å². The molecule has 0 unspecified atom stereocenters. The van der Waals surface area contributed by atoms with E-state index in [4.69, 9.17) is 14.5 Å². The number of nitrogens with one attached hydrogen (secondary N) is 1. The molecule has 0 spiro atoms. The van der Waals surface area contributed by atoms with Crippen molar-refractivity contribution in [1.82, 2.24) is 19.7 Å². The van der Waals surface area contributed by atoms with Crippen LogP contribution >= 0.6 is 0 Å². The maximum atomic E-state index is 14.4. The number of aromatic nitrogens is 4. The smallest absolute Gasteiger partial charge is 0.335 e. The normalized spacial score (nSPS) is 23.1. The van der Waals surface area contributed by atoms with Crippen molar-refractivity contribution in [3.8, 4) is 5.69 Å². The summed E-state index contributed by atoms with van der Waals surface area (Å²) in [6.07, 6.45) is 3.78. The van der Waals surface area contributed by atoms with Gasteiger partial charge in [0, 0.05) is 54.6 Å². The molecule has 182 valence electrons. The zero-order chi connectivity index (χ0) is 24.3. The highest BCUT2D eigenvalue weighted by molar-refractivity contribution is 5.94. The third-order valence-electron chi connectivity index (χ3n) is 7.53. The van der Waals surface area contributed by atoms with E-state index in [1.807, 2.05) is 10.6 Å². The number of benzene rings is 1. The Bertz CT molecular complexity index is 1450. The van der Waals surface area contributed by atoms with Crippen LogP contribution in [-0.4, -0.2) is 56.7 Å². The molecule has 2 aliphatic rings. The minimum atomic E-state index is -1.24. The van der Waals surface area contributed by atoms with Gasteiger partial charge >= 0.3 is 5.97 Å². The molecule has 35 heavy (non-hydrogen) atoms. The zero-order valence-corrected chi connectivity index (χ0v) is 19.1. The van der Waals surface area contributed by atoms with Crippen LogP contribution in [0.2, 0.25) is 0 Å². The highest BCUT2D eigenvalue weighted by atomic mass is 19.2. The zero-order valence-electron chi connectivity index (χ0n) is 19.1. The SMILES string of the molecule is COC1(C(=O)O)CC(c2c(C3CCOCC3)n(-c3ccc(F)c(F)c3)c3cc4cn[nH]c4nc23)C1. The van der Waals surface area contributed by atoms with Gasteiger partial charge in [0.25, 0.3) is 0 Å². The van der Waals surface area contributed by atoms with Gasteiger partial charge in [-0.1, -0.05) is 0 Å². The highest BCUT2D eigenvalue weighted by Crippen LogP contribution is 2.52. The van der Waals surface area contributed by atoms with Gasteiger partial charge < -0.3 is 19.1 Å². The fraction of sp³-hybridized carbons (Fsp3) is 0.400. The molecule has 4 heterocycles. The van der Waals surface area contributed by atoms with E-state index < -0.39 is 23.2 Å². The van der Waals surface area contributed by atoms with Gasteiger partial charge in [0.1, 0.15) is 0 Å². The molecular weight excluding hydrogens is 458 g/mol. The molecule has 0 bridgehead atoms. The molecule has 10 heteroatoms. The summed E-state index contributed by atoms with van der Waals surface area (Å²) in [6, 6.07) is 5.81. The average molecular weight is 482 g/mol. The third-order valence-corrected chi connectivity index (χ3v) is 7.53. The number of hydrogen-bond acceptors (Lipinski definition) is 5. The number of hydrogen-bond donors (Lipinski definition) is 2. The number of rotatable bonds is 5. The Morgan fingerprint density at radius 1 is 1.20 bits per heavy atom. The van der Waals surface area contributed by atoms with E-state index in [0.717, 1.165) is 41.1 Å². The van der Waals surface area contributed by atoms with Crippen LogP contribution in [0.25, 0.3) is 27.8 Å². The summed E-state index contributed by atoms with van der Waals surface area (Å²) in [7, 11) is 1.42. The third kappa shape index (κ3) is 3.35. The fourth-order valence-corrected chi connectivity index (χ4v) is 5.66. The molecule has 0 atom stereocenters. The molecule has 1 aliphatic carbocycles. The van der Waals surface area contributed by atoms with Gasteiger partial charge in [-0.15, -0.1) is 0 Å². The second kappa shape index (κ2) is 8.10. The number of methoxy groups -OCH3 is 1. The van der Waals surface area contributed by atoms with Gasteiger partial charge in [0.15, 0.2) is 22.9 Å². The molecule has 4 aromatic rings. The summed E-state index contributed by atoms with van der Waals surface area (Å²) in [6.45, 7) is 1.17. The monoisotopic (exact) mass is 482 g/mol. The van der Waals surface area contributed by atoms with E-state index in [2.05, 4.69) is 10.2 Å². The number of H-pyrrole nitrogens is 1. The van der Waals surface area contributed by atoms with Crippen LogP contribution in [0.4, 0.5) is 8.78 Å². The predicted molar refractivity (Wildman–Crippen MR) is 123 cm³/mol. The fourth-order valence-electron chi connectivity index (χ4n) is 5.66. The van der Waals surface area contributed by atoms with Gasteiger partial charge in [-0.2, -0.15) is 5.10 Å². The lowest BCUT2D eigenvalue weighted by Gasteiger charge is -2.43.